The third-order valence-corrected chi connectivity index (χ3v) is 5.19. The number of thiophene rings is 1. The minimum absolute atomic E-state index is 0.0754. The molecule has 31 heavy (non-hydrogen) atoms. The van der Waals surface area contributed by atoms with Gasteiger partial charge in [-0.1, -0.05) is 29.4 Å². The molecule has 0 aliphatic heterocycles. The van der Waals surface area contributed by atoms with Gasteiger partial charge in [0.25, 0.3) is 11.8 Å². The van der Waals surface area contributed by atoms with E-state index in [1.165, 1.54) is 23.5 Å². The van der Waals surface area contributed by atoms with Gasteiger partial charge in [0.1, 0.15) is 5.82 Å². The molecule has 4 rings (SSSR count). The molecule has 2 heterocycles. The zero-order chi connectivity index (χ0) is 21.8. The first-order valence-corrected chi connectivity index (χ1v) is 10.1. The molecule has 0 unspecified atom stereocenters. The highest BCUT2D eigenvalue weighted by Gasteiger charge is 2.14. The molecule has 1 N–H and O–H groups in total. The van der Waals surface area contributed by atoms with E-state index < -0.39 is 5.97 Å². The van der Waals surface area contributed by atoms with Crippen LogP contribution in [-0.4, -0.2) is 22.0 Å². The summed E-state index contributed by atoms with van der Waals surface area (Å²) in [6, 6.07) is 14.5. The SMILES string of the molecule is Cc1ccc(-c2noc(COC(=O)c3cccc(NC(=O)c4cccs4)c3)n2)cc1F. The van der Waals surface area contributed by atoms with Crippen molar-refractivity contribution in [3.63, 3.8) is 0 Å². The normalized spacial score (nSPS) is 10.6. The lowest BCUT2D eigenvalue weighted by Crippen LogP contribution is -2.11. The number of rotatable bonds is 6. The minimum atomic E-state index is -0.617. The summed E-state index contributed by atoms with van der Waals surface area (Å²) in [5.74, 6) is -0.976. The number of carbonyl (C=O) groups excluding carboxylic acids is 2. The van der Waals surface area contributed by atoms with Gasteiger partial charge in [0.05, 0.1) is 10.4 Å². The number of amides is 1. The summed E-state index contributed by atoms with van der Waals surface area (Å²) in [5.41, 5.74) is 1.69. The summed E-state index contributed by atoms with van der Waals surface area (Å²) in [5, 5.41) is 8.33. The van der Waals surface area contributed by atoms with Crippen LogP contribution in [0.3, 0.4) is 0 Å². The van der Waals surface area contributed by atoms with Crippen molar-refractivity contribution in [1.82, 2.24) is 10.1 Å². The highest BCUT2D eigenvalue weighted by molar-refractivity contribution is 7.12. The Bertz CT molecular complexity index is 1240. The third-order valence-electron chi connectivity index (χ3n) is 4.33. The third kappa shape index (κ3) is 4.84. The van der Waals surface area contributed by atoms with Crippen LogP contribution in [0, 0.1) is 12.7 Å². The number of carbonyl (C=O) groups is 2. The van der Waals surface area contributed by atoms with E-state index in [-0.39, 0.29) is 35.6 Å². The van der Waals surface area contributed by atoms with Crippen molar-refractivity contribution in [2.45, 2.75) is 13.5 Å². The van der Waals surface area contributed by atoms with Crippen molar-refractivity contribution >= 4 is 28.9 Å². The predicted molar refractivity (Wildman–Crippen MR) is 112 cm³/mol. The number of hydrogen-bond donors (Lipinski definition) is 1. The Balaban J connectivity index is 1.38. The van der Waals surface area contributed by atoms with Crippen molar-refractivity contribution in [3.8, 4) is 11.4 Å². The zero-order valence-electron chi connectivity index (χ0n) is 16.3. The van der Waals surface area contributed by atoms with Gasteiger partial charge in [-0.25, -0.2) is 9.18 Å². The van der Waals surface area contributed by atoms with E-state index in [1.807, 2.05) is 0 Å². The van der Waals surface area contributed by atoms with Crippen LogP contribution >= 0.6 is 11.3 Å². The first-order chi connectivity index (χ1) is 15.0. The maximum absolute atomic E-state index is 13.7. The summed E-state index contributed by atoms with van der Waals surface area (Å²) < 4.78 is 24.0. The van der Waals surface area contributed by atoms with E-state index in [9.17, 15) is 14.0 Å². The number of nitrogens with one attached hydrogen (secondary N) is 1. The van der Waals surface area contributed by atoms with E-state index in [0.717, 1.165) is 0 Å². The average molecular weight is 437 g/mol. The molecule has 0 bridgehead atoms. The summed E-state index contributed by atoms with van der Waals surface area (Å²) in [6.07, 6.45) is 0. The van der Waals surface area contributed by atoms with Gasteiger partial charge in [-0.2, -0.15) is 4.98 Å². The summed E-state index contributed by atoms with van der Waals surface area (Å²) in [6.45, 7) is 1.41. The second kappa shape index (κ2) is 8.88. The molecular formula is C22H16FN3O4S. The van der Waals surface area contributed by atoms with Gasteiger partial charge in [0.15, 0.2) is 6.61 Å². The molecule has 0 radical (unpaired) electrons. The van der Waals surface area contributed by atoms with Gasteiger partial charge in [0, 0.05) is 11.3 Å². The zero-order valence-corrected chi connectivity index (χ0v) is 17.1. The number of benzene rings is 2. The molecule has 0 aliphatic carbocycles. The molecular weight excluding hydrogens is 421 g/mol. The van der Waals surface area contributed by atoms with Crippen LogP contribution in [0.4, 0.5) is 10.1 Å². The molecule has 0 spiro atoms. The number of aryl methyl sites for hydroxylation is 1. The lowest BCUT2D eigenvalue weighted by atomic mass is 10.1. The number of esters is 1. The highest BCUT2D eigenvalue weighted by Crippen LogP contribution is 2.20. The maximum atomic E-state index is 13.7. The fraction of sp³-hybridized carbons (Fsp3) is 0.0909. The van der Waals surface area contributed by atoms with E-state index in [2.05, 4.69) is 15.5 Å². The minimum Gasteiger partial charge on any atom is -0.452 e. The summed E-state index contributed by atoms with van der Waals surface area (Å²) in [7, 11) is 0. The Labute approximate surface area is 180 Å². The van der Waals surface area contributed by atoms with E-state index in [4.69, 9.17) is 9.26 Å². The fourth-order valence-electron chi connectivity index (χ4n) is 2.70. The van der Waals surface area contributed by atoms with E-state index in [0.29, 0.717) is 21.7 Å². The Morgan fingerprint density at radius 2 is 2.03 bits per heavy atom. The van der Waals surface area contributed by atoms with Crippen molar-refractivity contribution < 1.29 is 23.2 Å². The van der Waals surface area contributed by atoms with Gasteiger partial charge in [-0.05, 0) is 48.2 Å². The Hall–Kier alpha value is -3.85. The Morgan fingerprint density at radius 3 is 2.81 bits per heavy atom. The second-order valence-corrected chi connectivity index (χ2v) is 7.51. The van der Waals surface area contributed by atoms with Gasteiger partial charge in [-0.15, -0.1) is 11.3 Å². The summed E-state index contributed by atoms with van der Waals surface area (Å²) >= 11 is 1.32. The molecule has 4 aromatic rings. The van der Waals surface area contributed by atoms with E-state index in [1.54, 1.807) is 54.8 Å². The smallest absolute Gasteiger partial charge is 0.338 e. The molecule has 0 atom stereocenters. The molecule has 2 aromatic carbocycles. The number of aromatic nitrogens is 2. The van der Waals surface area contributed by atoms with Gasteiger partial charge < -0.3 is 14.6 Å². The van der Waals surface area contributed by atoms with Crippen molar-refractivity contribution in [2.75, 3.05) is 5.32 Å². The van der Waals surface area contributed by atoms with E-state index >= 15 is 0 Å². The quantitative estimate of drug-likeness (QED) is 0.433. The molecule has 7 nitrogen and oxygen atoms in total. The fourth-order valence-corrected chi connectivity index (χ4v) is 3.32. The standard InChI is InChI=1S/C22H16FN3O4S/c1-13-7-8-14(11-17(13)23)20-25-19(30-26-20)12-29-22(28)15-4-2-5-16(10-15)24-21(27)18-6-3-9-31-18/h2-11H,12H2,1H3,(H,24,27). The molecule has 2 aromatic heterocycles. The van der Waals surface area contributed by atoms with Crippen molar-refractivity contribution in [2.24, 2.45) is 0 Å². The molecule has 0 saturated carbocycles. The van der Waals surface area contributed by atoms with Gasteiger partial charge in [-0.3, -0.25) is 4.79 Å². The number of nitrogens with zero attached hydrogens (tertiary/aromatic N) is 2. The van der Waals surface area contributed by atoms with Crippen molar-refractivity contribution in [3.05, 3.63) is 87.7 Å². The second-order valence-electron chi connectivity index (χ2n) is 6.56. The molecule has 0 fully saturated rings. The molecule has 0 aliphatic rings. The number of anilines is 1. The number of hydrogen-bond acceptors (Lipinski definition) is 7. The van der Waals surface area contributed by atoms with Crippen LogP contribution in [0.2, 0.25) is 0 Å². The van der Waals surface area contributed by atoms with Gasteiger partial charge in [0.2, 0.25) is 5.82 Å². The van der Waals surface area contributed by atoms with Crippen molar-refractivity contribution in [1.29, 1.82) is 0 Å². The van der Waals surface area contributed by atoms with Crippen LogP contribution in [-0.2, 0) is 11.3 Å². The maximum Gasteiger partial charge on any atom is 0.338 e. The lowest BCUT2D eigenvalue weighted by Gasteiger charge is -2.06. The molecule has 1 amide bonds. The number of ether oxygens (including phenoxy) is 1. The van der Waals surface area contributed by atoms with Crippen LogP contribution in [0.5, 0.6) is 0 Å². The monoisotopic (exact) mass is 437 g/mol. The number of halogens is 1. The van der Waals surface area contributed by atoms with Gasteiger partial charge >= 0.3 is 5.97 Å². The van der Waals surface area contributed by atoms with Crippen LogP contribution in [0.1, 0.15) is 31.5 Å². The Morgan fingerprint density at radius 1 is 1.16 bits per heavy atom. The topological polar surface area (TPSA) is 94.3 Å². The largest absolute Gasteiger partial charge is 0.452 e. The first-order valence-electron chi connectivity index (χ1n) is 9.21. The molecule has 9 heteroatoms. The lowest BCUT2D eigenvalue weighted by molar-refractivity contribution is 0.0429. The highest BCUT2D eigenvalue weighted by atomic mass is 32.1. The van der Waals surface area contributed by atoms with Crippen LogP contribution in [0.25, 0.3) is 11.4 Å². The first kappa shape index (κ1) is 20.4. The summed E-state index contributed by atoms with van der Waals surface area (Å²) in [4.78, 5) is 29.2. The average Bonchev–Trinajstić information content (AvgIpc) is 3.46. The Kier molecular flexibility index (Phi) is 5.85. The van der Waals surface area contributed by atoms with Crippen LogP contribution in [0.15, 0.2) is 64.5 Å². The molecule has 0 saturated heterocycles. The van der Waals surface area contributed by atoms with Crippen LogP contribution < -0.4 is 5.32 Å². The predicted octanol–water partition coefficient (Wildman–Crippen LogP) is 4.85. The molecule has 156 valence electrons.